The van der Waals surface area contributed by atoms with E-state index in [1.807, 2.05) is 0 Å². The highest BCUT2D eigenvalue weighted by Crippen LogP contribution is 2.16. The van der Waals surface area contributed by atoms with Gasteiger partial charge in [-0.25, -0.2) is 18.9 Å². The number of carboxylic acid groups (broad SMARTS) is 1. The van der Waals surface area contributed by atoms with E-state index in [2.05, 4.69) is 10.1 Å². The van der Waals surface area contributed by atoms with E-state index in [9.17, 15) is 9.18 Å². The second-order valence-corrected chi connectivity index (χ2v) is 3.21. The number of nitrogens with zero attached hydrogens (tertiary/aromatic N) is 3. The number of aromatic nitrogens is 3. The lowest BCUT2D eigenvalue weighted by atomic mass is 10.1. The summed E-state index contributed by atoms with van der Waals surface area (Å²) in [4.78, 5) is 14.2. The van der Waals surface area contributed by atoms with Crippen molar-refractivity contribution < 1.29 is 14.3 Å². The molecule has 0 spiro atoms. The van der Waals surface area contributed by atoms with E-state index < -0.39 is 11.8 Å². The van der Waals surface area contributed by atoms with Gasteiger partial charge < -0.3 is 5.11 Å². The van der Waals surface area contributed by atoms with E-state index in [-0.39, 0.29) is 0 Å². The molecule has 1 heterocycles. The number of hydrogen-bond acceptors (Lipinski definition) is 3. The van der Waals surface area contributed by atoms with Gasteiger partial charge in [0, 0.05) is 11.6 Å². The molecule has 0 bridgehead atoms. The Labute approximate surface area is 95.8 Å². The number of carbonyl (C=O) groups is 1. The second kappa shape index (κ2) is 4.56. The van der Waals surface area contributed by atoms with Gasteiger partial charge in [0.15, 0.2) is 0 Å². The summed E-state index contributed by atoms with van der Waals surface area (Å²) < 4.78 is 14.5. The summed E-state index contributed by atoms with van der Waals surface area (Å²) in [6.07, 6.45) is 5.04. The third-order valence-corrected chi connectivity index (χ3v) is 2.06. The molecule has 1 N–H and O–H groups in total. The van der Waals surface area contributed by atoms with Crippen LogP contribution in [0.2, 0.25) is 0 Å². The monoisotopic (exact) mass is 233 g/mol. The summed E-state index contributed by atoms with van der Waals surface area (Å²) in [7, 11) is 0. The Hall–Kier alpha value is -2.50. The highest BCUT2D eigenvalue weighted by atomic mass is 19.1. The maximum atomic E-state index is 13.1. The zero-order valence-electron chi connectivity index (χ0n) is 8.62. The van der Waals surface area contributed by atoms with Crippen molar-refractivity contribution in [2.75, 3.05) is 0 Å². The van der Waals surface area contributed by atoms with Gasteiger partial charge in [-0.05, 0) is 24.3 Å². The Bertz CT molecular complexity index is 564. The molecule has 0 fully saturated rings. The van der Waals surface area contributed by atoms with Crippen molar-refractivity contribution in [2.24, 2.45) is 0 Å². The molecule has 0 aliphatic carbocycles. The van der Waals surface area contributed by atoms with Crippen LogP contribution in [0.1, 0.15) is 5.56 Å². The van der Waals surface area contributed by atoms with Crippen LogP contribution in [0.15, 0.2) is 36.9 Å². The van der Waals surface area contributed by atoms with Crippen LogP contribution in [0.4, 0.5) is 4.39 Å². The molecular weight excluding hydrogens is 225 g/mol. The zero-order chi connectivity index (χ0) is 12.3. The first-order valence-corrected chi connectivity index (χ1v) is 4.72. The van der Waals surface area contributed by atoms with Gasteiger partial charge >= 0.3 is 5.97 Å². The maximum Gasteiger partial charge on any atom is 0.328 e. The van der Waals surface area contributed by atoms with Gasteiger partial charge in [-0.1, -0.05) is 0 Å². The van der Waals surface area contributed by atoms with Crippen LogP contribution in [0.5, 0.6) is 0 Å². The molecular formula is C11H8FN3O2. The molecule has 2 aromatic rings. The van der Waals surface area contributed by atoms with E-state index >= 15 is 0 Å². The number of hydrogen-bond donors (Lipinski definition) is 1. The van der Waals surface area contributed by atoms with Crippen LogP contribution < -0.4 is 0 Å². The number of carboxylic acids is 1. The molecule has 6 heteroatoms. The van der Waals surface area contributed by atoms with Gasteiger partial charge in [0.25, 0.3) is 0 Å². The van der Waals surface area contributed by atoms with Crippen molar-refractivity contribution in [3.8, 4) is 5.69 Å². The lowest BCUT2D eigenvalue weighted by Gasteiger charge is -2.05. The van der Waals surface area contributed by atoms with E-state index in [1.54, 1.807) is 0 Å². The van der Waals surface area contributed by atoms with E-state index in [0.717, 1.165) is 6.08 Å². The quantitative estimate of drug-likeness (QED) is 0.816. The minimum absolute atomic E-state index is 0.415. The molecule has 1 aromatic carbocycles. The predicted molar refractivity (Wildman–Crippen MR) is 58.0 cm³/mol. The summed E-state index contributed by atoms with van der Waals surface area (Å²) >= 11 is 0. The van der Waals surface area contributed by atoms with Crippen LogP contribution in [0.3, 0.4) is 0 Å². The fourth-order valence-corrected chi connectivity index (χ4v) is 1.36. The molecule has 0 atom stereocenters. The molecule has 0 aliphatic heterocycles. The van der Waals surface area contributed by atoms with E-state index in [1.165, 1.54) is 41.6 Å². The Morgan fingerprint density at radius 2 is 2.29 bits per heavy atom. The maximum absolute atomic E-state index is 13.1. The smallest absolute Gasteiger partial charge is 0.328 e. The Balaban J connectivity index is 2.48. The average Bonchev–Trinajstić information content (AvgIpc) is 2.80. The first kappa shape index (κ1) is 11.0. The predicted octanol–water partition coefficient (Wildman–Crippen LogP) is 1.50. The highest BCUT2D eigenvalue weighted by Gasteiger charge is 2.04. The largest absolute Gasteiger partial charge is 0.478 e. The molecule has 0 aliphatic rings. The zero-order valence-corrected chi connectivity index (χ0v) is 8.62. The minimum atomic E-state index is -1.10. The van der Waals surface area contributed by atoms with Gasteiger partial charge in [0.05, 0.1) is 5.69 Å². The van der Waals surface area contributed by atoms with Crippen molar-refractivity contribution >= 4 is 12.0 Å². The van der Waals surface area contributed by atoms with Gasteiger partial charge in [0.2, 0.25) is 0 Å². The van der Waals surface area contributed by atoms with Crippen molar-refractivity contribution in [1.82, 2.24) is 14.8 Å². The first-order chi connectivity index (χ1) is 8.16. The topological polar surface area (TPSA) is 68.0 Å². The van der Waals surface area contributed by atoms with Crippen molar-refractivity contribution in [1.29, 1.82) is 0 Å². The summed E-state index contributed by atoms with van der Waals surface area (Å²) in [5.74, 6) is -1.54. The molecule has 86 valence electrons. The molecule has 2 rings (SSSR count). The van der Waals surface area contributed by atoms with Crippen LogP contribution in [-0.2, 0) is 4.79 Å². The van der Waals surface area contributed by atoms with Crippen LogP contribution in [-0.4, -0.2) is 25.8 Å². The third kappa shape index (κ3) is 2.54. The summed E-state index contributed by atoms with van der Waals surface area (Å²) in [5.41, 5.74) is 0.972. The molecule has 0 saturated heterocycles. The Morgan fingerprint density at radius 1 is 1.47 bits per heavy atom. The molecule has 0 radical (unpaired) electrons. The fourth-order valence-electron chi connectivity index (χ4n) is 1.36. The van der Waals surface area contributed by atoms with Gasteiger partial charge in [0.1, 0.15) is 18.5 Å². The molecule has 1 aromatic heterocycles. The van der Waals surface area contributed by atoms with Crippen molar-refractivity contribution in [3.63, 3.8) is 0 Å². The van der Waals surface area contributed by atoms with Crippen LogP contribution >= 0.6 is 0 Å². The van der Waals surface area contributed by atoms with Crippen molar-refractivity contribution in [2.45, 2.75) is 0 Å². The van der Waals surface area contributed by atoms with E-state index in [0.29, 0.717) is 11.3 Å². The minimum Gasteiger partial charge on any atom is -0.478 e. The van der Waals surface area contributed by atoms with Crippen LogP contribution in [0, 0.1) is 5.82 Å². The SMILES string of the molecule is O=C(O)/C=C/c1cc(F)ccc1-n1cncn1. The summed E-state index contributed by atoms with van der Waals surface area (Å²) in [6.45, 7) is 0. The standard InChI is InChI=1S/C11H8FN3O2/c12-9-2-3-10(15-7-13-6-14-15)8(5-9)1-4-11(16)17/h1-7H,(H,16,17)/b4-1+. The fraction of sp³-hybridized carbons (Fsp3) is 0. The molecule has 17 heavy (non-hydrogen) atoms. The lowest BCUT2D eigenvalue weighted by Crippen LogP contribution is -1.98. The molecule has 0 saturated carbocycles. The van der Waals surface area contributed by atoms with Gasteiger partial charge in [-0.2, -0.15) is 5.10 Å². The number of benzene rings is 1. The normalized spacial score (nSPS) is 10.9. The summed E-state index contributed by atoms with van der Waals surface area (Å²) in [5, 5.41) is 12.5. The second-order valence-electron chi connectivity index (χ2n) is 3.21. The average molecular weight is 233 g/mol. The number of rotatable bonds is 3. The Morgan fingerprint density at radius 3 is 2.94 bits per heavy atom. The van der Waals surface area contributed by atoms with E-state index in [4.69, 9.17) is 5.11 Å². The third-order valence-electron chi connectivity index (χ3n) is 2.06. The molecule has 5 nitrogen and oxygen atoms in total. The highest BCUT2D eigenvalue weighted by molar-refractivity contribution is 5.86. The van der Waals surface area contributed by atoms with Crippen LogP contribution in [0.25, 0.3) is 11.8 Å². The first-order valence-electron chi connectivity index (χ1n) is 4.72. The van der Waals surface area contributed by atoms with Gasteiger partial charge in [-0.15, -0.1) is 0 Å². The molecule has 0 unspecified atom stereocenters. The van der Waals surface area contributed by atoms with Crippen molar-refractivity contribution in [3.05, 3.63) is 48.3 Å². The summed E-state index contributed by atoms with van der Waals surface area (Å²) in [6, 6.07) is 4.01. The number of halogens is 1. The lowest BCUT2D eigenvalue weighted by molar-refractivity contribution is -0.131. The Kier molecular flexibility index (Phi) is 2.95. The number of aliphatic carboxylic acids is 1. The van der Waals surface area contributed by atoms with Gasteiger partial charge in [-0.3, -0.25) is 0 Å². The molecule has 0 amide bonds.